The average Bonchev–Trinajstić information content (AvgIpc) is 3.23. The summed E-state index contributed by atoms with van der Waals surface area (Å²) in [6.07, 6.45) is 1.33. The quantitative estimate of drug-likeness (QED) is 0.368. The highest BCUT2D eigenvalue weighted by atomic mass is 19.1. The van der Waals surface area contributed by atoms with Crippen molar-refractivity contribution >= 4 is 22.8 Å². The van der Waals surface area contributed by atoms with Crippen LogP contribution >= 0.6 is 0 Å². The van der Waals surface area contributed by atoms with Crippen molar-refractivity contribution in [3.8, 4) is 22.8 Å². The normalized spacial score (nSPS) is 10.9. The monoisotopic (exact) mass is 468 g/mol. The second-order valence-corrected chi connectivity index (χ2v) is 7.81. The van der Waals surface area contributed by atoms with Crippen LogP contribution in [0.5, 0.6) is 11.5 Å². The summed E-state index contributed by atoms with van der Waals surface area (Å²) in [4.78, 5) is 21.0. The van der Waals surface area contributed by atoms with Gasteiger partial charge in [0.1, 0.15) is 41.7 Å². The maximum atomic E-state index is 13.4. The number of benzene rings is 3. The van der Waals surface area contributed by atoms with E-state index in [1.165, 1.54) is 23.1 Å². The molecule has 0 unspecified atom stereocenters. The van der Waals surface area contributed by atoms with E-state index in [-0.39, 0.29) is 30.6 Å². The van der Waals surface area contributed by atoms with E-state index in [0.29, 0.717) is 28.0 Å². The zero-order valence-electron chi connectivity index (χ0n) is 18.6. The number of nitrogens with two attached hydrogens (primary N) is 1. The molecule has 3 aromatic carbocycles. The van der Waals surface area contributed by atoms with Gasteiger partial charge in [0.05, 0.1) is 5.39 Å². The number of nitrogen functional groups attached to an aromatic ring is 1. The van der Waals surface area contributed by atoms with Crippen molar-refractivity contribution in [3.63, 3.8) is 0 Å². The molecule has 0 aliphatic carbocycles. The van der Waals surface area contributed by atoms with Crippen LogP contribution in [0, 0.1) is 5.82 Å². The maximum Gasteiger partial charge on any atom is 0.242 e. The van der Waals surface area contributed by atoms with Gasteiger partial charge in [-0.15, -0.1) is 0 Å². The third kappa shape index (κ3) is 4.93. The zero-order chi connectivity index (χ0) is 24.2. The lowest BCUT2D eigenvalue weighted by atomic mass is 10.1. The lowest BCUT2D eigenvalue weighted by Crippen LogP contribution is -2.27. The van der Waals surface area contributed by atoms with Crippen LogP contribution in [0.2, 0.25) is 0 Å². The average molecular weight is 468 g/mol. The van der Waals surface area contributed by atoms with Crippen molar-refractivity contribution in [1.82, 2.24) is 25.1 Å². The number of anilines is 1. The van der Waals surface area contributed by atoms with Crippen molar-refractivity contribution in [2.75, 3.05) is 5.73 Å². The van der Waals surface area contributed by atoms with Crippen LogP contribution in [-0.4, -0.2) is 25.7 Å². The number of nitrogens with one attached hydrogen (secondary N) is 1. The number of carbonyl (C=O) groups excluding carboxylic acids is 1. The van der Waals surface area contributed by atoms with E-state index >= 15 is 0 Å². The second kappa shape index (κ2) is 9.60. The minimum atomic E-state index is -0.355. The molecule has 1 amide bonds. The van der Waals surface area contributed by atoms with Gasteiger partial charge in [0.15, 0.2) is 5.65 Å². The molecule has 0 aliphatic rings. The van der Waals surface area contributed by atoms with E-state index in [1.54, 1.807) is 12.1 Å². The summed E-state index contributed by atoms with van der Waals surface area (Å²) in [5.74, 6) is 1.02. The maximum absolute atomic E-state index is 13.4. The topological polar surface area (TPSA) is 108 Å². The second-order valence-electron chi connectivity index (χ2n) is 7.81. The summed E-state index contributed by atoms with van der Waals surface area (Å²) >= 11 is 0. The van der Waals surface area contributed by atoms with Gasteiger partial charge >= 0.3 is 0 Å². The summed E-state index contributed by atoms with van der Waals surface area (Å²) in [5, 5.41) is 7.95. The van der Waals surface area contributed by atoms with Crippen molar-refractivity contribution < 1.29 is 13.9 Å². The highest BCUT2D eigenvalue weighted by Gasteiger charge is 2.18. The van der Waals surface area contributed by atoms with Gasteiger partial charge < -0.3 is 15.8 Å². The molecular weight excluding hydrogens is 447 g/mol. The van der Waals surface area contributed by atoms with Crippen molar-refractivity contribution in [2.45, 2.75) is 13.1 Å². The summed E-state index contributed by atoms with van der Waals surface area (Å²) in [5.41, 5.74) is 8.59. The molecule has 8 nitrogen and oxygen atoms in total. The third-order valence-electron chi connectivity index (χ3n) is 5.34. The lowest BCUT2D eigenvalue weighted by molar-refractivity contribution is -0.121. The SMILES string of the molecule is Nc1ncnc2c1c(-c1ccc(Oc3ccccc3)cc1)nn2CC(=O)NCc1cccc(F)c1. The fraction of sp³-hybridized carbons (Fsp3) is 0.0769. The van der Waals surface area contributed by atoms with Gasteiger partial charge in [-0.25, -0.2) is 19.0 Å². The van der Waals surface area contributed by atoms with Gasteiger partial charge in [-0.05, 0) is 54.1 Å². The van der Waals surface area contributed by atoms with Gasteiger partial charge in [-0.1, -0.05) is 30.3 Å². The third-order valence-corrected chi connectivity index (χ3v) is 5.34. The van der Waals surface area contributed by atoms with Crippen LogP contribution < -0.4 is 15.8 Å². The molecule has 0 radical (unpaired) electrons. The van der Waals surface area contributed by atoms with E-state index < -0.39 is 0 Å². The molecule has 5 aromatic rings. The Morgan fingerprint density at radius 1 is 0.971 bits per heavy atom. The highest BCUT2D eigenvalue weighted by molar-refractivity contribution is 5.98. The highest BCUT2D eigenvalue weighted by Crippen LogP contribution is 2.32. The lowest BCUT2D eigenvalue weighted by Gasteiger charge is -2.06. The Bertz CT molecular complexity index is 1490. The van der Waals surface area contributed by atoms with Gasteiger partial charge in [0, 0.05) is 12.1 Å². The number of fused-ring (bicyclic) bond motifs is 1. The molecule has 0 atom stereocenters. The van der Waals surface area contributed by atoms with Crippen molar-refractivity contribution in [2.24, 2.45) is 0 Å². The number of hydrogen-bond donors (Lipinski definition) is 2. The van der Waals surface area contributed by atoms with Gasteiger partial charge in [-0.3, -0.25) is 4.79 Å². The number of para-hydroxylation sites is 1. The van der Waals surface area contributed by atoms with Crippen molar-refractivity contribution in [1.29, 1.82) is 0 Å². The number of amides is 1. The Kier molecular flexibility index (Phi) is 6.04. The predicted octanol–water partition coefficient (Wildman–Crippen LogP) is 4.32. The molecule has 2 aromatic heterocycles. The molecule has 2 heterocycles. The molecular formula is C26H21FN6O2. The van der Waals surface area contributed by atoms with E-state index in [2.05, 4.69) is 20.4 Å². The number of hydrogen-bond acceptors (Lipinski definition) is 6. The van der Waals surface area contributed by atoms with E-state index in [4.69, 9.17) is 10.5 Å². The van der Waals surface area contributed by atoms with Gasteiger partial charge in [-0.2, -0.15) is 5.10 Å². The molecule has 9 heteroatoms. The fourth-order valence-electron chi connectivity index (χ4n) is 3.69. The standard InChI is InChI=1S/C26H21FN6O2/c27-19-6-4-5-17(13-19)14-29-22(34)15-33-26-23(25(28)30-16-31-26)24(32-33)18-9-11-21(12-10-18)35-20-7-2-1-3-8-20/h1-13,16H,14-15H2,(H,29,34)(H2,28,30,31). The Morgan fingerprint density at radius 2 is 1.74 bits per heavy atom. The molecule has 0 fully saturated rings. The first-order valence-electron chi connectivity index (χ1n) is 10.9. The first kappa shape index (κ1) is 22.0. The Labute approximate surface area is 200 Å². The van der Waals surface area contributed by atoms with E-state index in [9.17, 15) is 9.18 Å². The van der Waals surface area contributed by atoms with Crippen LogP contribution in [0.15, 0.2) is 85.2 Å². The number of aromatic nitrogens is 4. The number of ether oxygens (including phenoxy) is 1. The zero-order valence-corrected chi connectivity index (χ0v) is 18.6. The van der Waals surface area contributed by atoms with Crippen molar-refractivity contribution in [3.05, 3.63) is 96.6 Å². The van der Waals surface area contributed by atoms with Crippen LogP contribution in [0.3, 0.4) is 0 Å². The molecule has 5 rings (SSSR count). The van der Waals surface area contributed by atoms with Crippen LogP contribution in [0.25, 0.3) is 22.3 Å². The van der Waals surface area contributed by atoms with Crippen LogP contribution in [0.4, 0.5) is 10.2 Å². The fourth-order valence-corrected chi connectivity index (χ4v) is 3.69. The van der Waals surface area contributed by atoms with Crippen LogP contribution in [-0.2, 0) is 17.9 Å². The van der Waals surface area contributed by atoms with E-state index in [1.807, 2.05) is 54.6 Å². The molecule has 174 valence electrons. The minimum absolute atomic E-state index is 0.0858. The number of rotatable bonds is 7. The summed E-state index contributed by atoms with van der Waals surface area (Å²) in [6.45, 7) is 0.111. The first-order chi connectivity index (χ1) is 17.1. The Hall–Kier alpha value is -4.79. The molecule has 35 heavy (non-hydrogen) atoms. The minimum Gasteiger partial charge on any atom is -0.457 e. The molecule has 0 spiro atoms. The number of halogens is 1. The molecule has 0 aliphatic heterocycles. The molecule has 0 saturated carbocycles. The van der Waals surface area contributed by atoms with Crippen LogP contribution in [0.1, 0.15) is 5.56 Å². The Morgan fingerprint density at radius 3 is 2.51 bits per heavy atom. The number of carbonyl (C=O) groups is 1. The molecule has 0 bridgehead atoms. The van der Waals surface area contributed by atoms with Gasteiger partial charge in [0.25, 0.3) is 0 Å². The Balaban J connectivity index is 1.38. The summed E-state index contributed by atoms with van der Waals surface area (Å²) in [6, 6.07) is 22.9. The molecule has 0 saturated heterocycles. The first-order valence-corrected chi connectivity index (χ1v) is 10.9. The van der Waals surface area contributed by atoms with Gasteiger partial charge in [0.2, 0.25) is 5.91 Å². The van der Waals surface area contributed by atoms with E-state index in [0.717, 1.165) is 11.3 Å². The largest absolute Gasteiger partial charge is 0.457 e. The predicted molar refractivity (Wildman–Crippen MR) is 130 cm³/mol. The summed E-state index contributed by atoms with van der Waals surface area (Å²) in [7, 11) is 0. The summed E-state index contributed by atoms with van der Waals surface area (Å²) < 4.78 is 20.7. The number of nitrogens with zero attached hydrogens (tertiary/aromatic N) is 4. The smallest absolute Gasteiger partial charge is 0.242 e. The molecule has 3 N–H and O–H groups in total.